The molecule has 16 heavy (non-hydrogen) atoms. The lowest BCUT2D eigenvalue weighted by molar-refractivity contribution is 0.134. The molecule has 1 N–H and O–H groups in total. The Kier molecular flexibility index (Phi) is 4.66. The maximum atomic E-state index is 3.72. The summed E-state index contributed by atoms with van der Waals surface area (Å²) in [5.74, 6) is 1.81. The standard InChI is InChI=1S/C14H28N2/c1-12(2)9-15-14-7-4-8-16(11-14)10-13-5-3-6-13/h12-15H,3-11H2,1-2H3. The van der Waals surface area contributed by atoms with Gasteiger partial charge >= 0.3 is 0 Å². The molecule has 0 bridgehead atoms. The van der Waals surface area contributed by atoms with E-state index < -0.39 is 0 Å². The summed E-state index contributed by atoms with van der Waals surface area (Å²) in [5.41, 5.74) is 0. The molecule has 0 spiro atoms. The second-order valence-electron chi connectivity index (χ2n) is 6.20. The van der Waals surface area contributed by atoms with Gasteiger partial charge in [0, 0.05) is 19.1 Å². The maximum Gasteiger partial charge on any atom is 0.0195 e. The fourth-order valence-electron chi connectivity index (χ4n) is 2.83. The van der Waals surface area contributed by atoms with E-state index in [4.69, 9.17) is 0 Å². The summed E-state index contributed by atoms with van der Waals surface area (Å²) < 4.78 is 0. The van der Waals surface area contributed by atoms with Crippen LogP contribution in [0.3, 0.4) is 0 Å². The average Bonchev–Trinajstić information content (AvgIpc) is 2.21. The van der Waals surface area contributed by atoms with Gasteiger partial charge < -0.3 is 10.2 Å². The third-order valence-corrected chi connectivity index (χ3v) is 4.06. The number of nitrogens with one attached hydrogen (secondary N) is 1. The van der Waals surface area contributed by atoms with Gasteiger partial charge in [-0.1, -0.05) is 20.3 Å². The van der Waals surface area contributed by atoms with E-state index in [1.807, 2.05) is 0 Å². The van der Waals surface area contributed by atoms with Crippen LogP contribution >= 0.6 is 0 Å². The number of hydrogen-bond donors (Lipinski definition) is 1. The monoisotopic (exact) mass is 224 g/mol. The third-order valence-electron chi connectivity index (χ3n) is 4.06. The molecule has 1 atom stereocenters. The summed E-state index contributed by atoms with van der Waals surface area (Å²) >= 11 is 0. The zero-order valence-electron chi connectivity index (χ0n) is 11.0. The van der Waals surface area contributed by atoms with Crippen LogP contribution in [0, 0.1) is 11.8 Å². The van der Waals surface area contributed by atoms with E-state index in [1.165, 1.54) is 58.3 Å². The van der Waals surface area contributed by atoms with Gasteiger partial charge in [0.1, 0.15) is 0 Å². The molecule has 0 aromatic rings. The first-order valence-corrected chi connectivity index (χ1v) is 7.20. The predicted molar refractivity (Wildman–Crippen MR) is 69.6 cm³/mol. The Balaban J connectivity index is 1.66. The highest BCUT2D eigenvalue weighted by Gasteiger charge is 2.24. The lowest BCUT2D eigenvalue weighted by atomic mass is 9.84. The van der Waals surface area contributed by atoms with Crippen LogP contribution in [0.4, 0.5) is 0 Å². The summed E-state index contributed by atoms with van der Waals surface area (Å²) in [6.45, 7) is 9.78. The maximum absolute atomic E-state index is 3.72. The lowest BCUT2D eigenvalue weighted by Crippen LogP contribution is -2.48. The third kappa shape index (κ3) is 3.74. The molecular formula is C14H28N2. The van der Waals surface area contributed by atoms with Gasteiger partial charge in [-0.05, 0) is 50.6 Å². The van der Waals surface area contributed by atoms with Gasteiger partial charge in [0.2, 0.25) is 0 Å². The Morgan fingerprint density at radius 3 is 2.62 bits per heavy atom. The second-order valence-corrected chi connectivity index (χ2v) is 6.20. The minimum atomic E-state index is 0.760. The van der Waals surface area contributed by atoms with Gasteiger partial charge in [-0.2, -0.15) is 0 Å². The van der Waals surface area contributed by atoms with E-state index in [0.717, 1.165) is 17.9 Å². The number of nitrogens with zero attached hydrogens (tertiary/aromatic N) is 1. The van der Waals surface area contributed by atoms with Crippen LogP contribution in [0.5, 0.6) is 0 Å². The molecule has 2 nitrogen and oxygen atoms in total. The minimum Gasteiger partial charge on any atom is -0.312 e. The molecule has 2 fully saturated rings. The van der Waals surface area contributed by atoms with E-state index in [9.17, 15) is 0 Å². The fourth-order valence-corrected chi connectivity index (χ4v) is 2.83. The quantitative estimate of drug-likeness (QED) is 0.772. The molecule has 2 heteroatoms. The van der Waals surface area contributed by atoms with Crippen LogP contribution in [-0.4, -0.2) is 37.1 Å². The molecule has 0 radical (unpaired) electrons. The molecule has 2 aliphatic rings. The van der Waals surface area contributed by atoms with E-state index in [0.29, 0.717) is 0 Å². The van der Waals surface area contributed by atoms with Crippen molar-refractivity contribution in [2.75, 3.05) is 26.2 Å². The van der Waals surface area contributed by atoms with Crippen LogP contribution in [0.2, 0.25) is 0 Å². The summed E-state index contributed by atoms with van der Waals surface area (Å²) in [6, 6.07) is 0.760. The largest absolute Gasteiger partial charge is 0.312 e. The zero-order chi connectivity index (χ0) is 11.4. The SMILES string of the molecule is CC(C)CNC1CCCN(CC2CCC2)C1. The smallest absolute Gasteiger partial charge is 0.0195 e. The molecule has 2 rings (SSSR count). The van der Waals surface area contributed by atoms with Crippen molar-refractivity contribution in [3.63, 3.8) is 0 Å². The molecule has 0 aromatic carbocycles. The highest BCUT2D eigenvalue weighted by molar-refractivity contribution is 4.81. The van der Waals surface area contributed by atoms with Crippen LogP contribution in [0.1, 0.15) is 46.0 Å². The summed E-state index contributed by atoms with van der Waals surface area (Å²) in [7, 11) is 0. The highest BCUT2D eigenvalue weighted by Crippen LogP contribution is 2.28. The van der Waals surface area contributed by atoms with Crippen LogP contribution in [0.25, 0.3) is 0 Å². The van der Waals surface area contributed by atoms with Crippen molar-refractivity contribution >= 4 is 0 Å². The van der Waals surface area contributed by atoms with Crippen molar-refractivity contribution in [3.8, 4) is 0 Å². The Bertz CT molecular complexity index is 199. The normalized spacial score (nSPS) is 28.3. The van der Waals surface area contributed by atoms with E-state index in [2.05, 4.69) is 24.1 Å². The van der Waals surface area contributed by atoms with Crippen molar-refractivity contribution in [2.24, 2.45) is 11.8 Å². The van der Waals surface area contributed by atoms with Crippen molar-refractivity contribution in [1.29, 1.82) is 0 Å². The number of hydrogen-bond acceptors (Lipinski definition) is 2. The number of likely N-dealkylation sites (tertiary alicyclic amines) is 1. The molecule has 94 valence electrons. The van der Waals surface area contributed by atoms with Crippen molar-refractivity contribution < 1.29 is 0 Å². The molecule has 1 saturated carbocycles. The summed E-state index contributed by atoms with van der Waals surface area (Å²) in [5, 5.41) is 3.72. The van der Waals surface area contributed by atoms with Gasteiger partial charge in [0.05, 0.1) is 0 Å². The van der Waals surface area contributed by atoms with Crippen molar-refractivity contribution in [3.05, 3.63) is 0 Å². The van der Waals surface area contributed by atoms with Gasteiger partial charge in [-0.3, -0.25) is 0 Å². The van der Waals surface area contributed by atoms with E-state index in [1.54, 1.807) is 0 Å². The van der Waals surface area contributed by atoms with Gasteiger partial charge in [-0.25, -0.2) is 0 Å². The number of rotatable bonds is 5. The van der Waals surface area contributed by atoms with Crippen molar-refractivity contribution in [1.82, 2.24) is 10.2 Å². The topological polar surface area (TPSA) is 15.3 Å². The lowest BCUT2D eigenvalue weighted by Gasteiger charge is -2.38. The Labute approximate surface area is 101 Å². The van der Waals surface area contributed by atoms with Crippen LogP contribution in [0.15, 0.2) is 0 Å². The zero-order valence-corrected chi connectivity index (χ0v) is 11.0. The summed E-state index contributed by atoms with van der Waals surface area (Å²) in [6.07, 6.45) is 7.23. The minimum absolute atomic E-state index is 0.760. The van der Waals surface area contributed by atoms with Gasteiger partial charge in [0.25, 0.3) is 0 Å². The Hall–Kier alpha value is -0.0800. The molecule has 1 aliphatic heterocycles. The number of piperidine rings is 1. The average molecular weight is 224 g/mol. The first-order chi connectivity index (χ1) is 7.74. The van der Waals surface area contributed by atoms with E-state index in [-0.39, 0.29) is 0 Å². The molecule has 1 unspecified atom stereocenters. The Morgan fingerprint density at radius 1 is 1.19 bits per heavy atom. The van der Waals surface area contributed by atoms with Gasteiger partial charge in [-0.15, -0.1) is 0 Å². The molecular weight excluding hydrogens is 196 g/mol. The van der Waals surface area contributed by atoms with Crippen LogP contribution in [-0.2, 0) is 0 Å². The summed E-state index contributed by atoms with van der Waals surface area (Å²) in [4.78, 5) is 2.70. The first kappa shape index (κ1) is 12.4. The highest BCUT2D eigenvalue weighted by atomic mass is 15.2. The molecule has 1 aliphatic carbocycles. The molecule has 1 heterocycles. The first-order valence-electron chi connectivity index (χ1n) is 7.20. The molecule has 0 amide bonds. The fraction of sp³-hybridized carbons (Fsp3) is 1.00. The molecule has 0 aromatic heterocycles. The van der Waals surface area contributed by atoms with Crippen LogP contribution < -0.4 is 5.32 Å². The predicted octanol–water partition coefficient (Wildman–Crippen LogP) is 2.50. The molecule has 1 saturated heterocycles. The van der Waals surface area contributed by atoms with E-state index >= 15 is 0 Å². The Morgan fingerprint density at radius 2 is 2.00 bits per heavy atom. The van der Waals surface area contributed by atoms with Gasteiger partial charge in [0.15, 0.2) is 0 Å². The second kappa shape index (κ2) is 6.02. The van der Waals surface area contributed by atoms with Crippen molar-refractivity contribution in [2.45, 2.75) is 52.0 Å².